The fourth-order valence-electron chi connectivity index (χ4n) is 2.42. The highest BCUT2D eigenvalue weighted by molar-refractivity contribution is 5.64. The van der Waals surface area contributed by atoms with Gasteiger partial charge >= 0.3 is 0 Å². The summed E-state index contributed by atoms with van der Waals surface area (Å²) in [6.07, 6.45) is 2.66. The standard InChI is InChI=1S/C17H19N/c1-17(9-10-17)16-7-5-14(6-8-16)15-4-2-3-13(11-15)12-18/h2-8,11H,9-10,12,18H2,1H3. The Labute approximate surface area is 109 Å². The second kappa shape index (κ2) is 4.25. The van der Waals surface area contributed by atoms with Crippen molar-refractivity contribution in [2.24, 2.45) is 5.73 Å². The number of benzene rings is 2. The molecule has 0 aromatic heterocycles. The molecule has 1 saturated carbocycles. The van der Waals surface area contributed by atoms with Crippen molar-refractivity contribution in [3.63, 3.8) is 0 Å². The van der Waals surface area contributed by atoms with Crippen molar-refractivity contribution in [3.05, 3.63) is 59.7 Å². The Hall–Kier alpha value is -1.60. The van der Waals surface area contributed by atoms with Crippen LogP contribution in [0.4, 0.5) is 0 Å². The molecule has 2 N–H and O–H groups in total. The summed E-state index contributed by atoms with van der Waals surface area (Å²) in [6, 6.07) is 17.5. The molecule has 1 aliphatic carbocycles. The molecule has 0 heterocycles. The zero-order chi connectivity index (χ0) is 12.6. The van der Waals surface area contributed by atoms with Gasteiger partial charge < -0.3 is 5.73 Å². The molecule has 2 aromatic carbocycles. The lowest BCUT2D eigenvalue weighted by molar-refractivity contribution is 0.788. The number of nitrogens with two attached hydrogens (primary N) is 1. The maximum Gasteiger partial charge on any atom is 0.0178 e. The molecule has 2 aromatic rings. The highest BCUT2D eigenvalue weighted by Crippen LogP contribution is 2.47. The third-order valence-electron chi connectivity index (χ3n) is 4.08. The van der Waals surface area contributed by atoms with E-state index in [1.54, 1.807) is 0 Å². The molecule has 1 nitrogen and oxygen atoms in total. The molecule has 1 aliphatic rings. The molecule has 92 valence electrons. The molecular weight excluding hydrogens is 218 g/mol. The van der Waals surface area contributed by atoms with Crippen LogP contribution >= 0.6 is 0 Å². The highest BCUT2D eigenvalue weighted by Gasteiger charge is 2.38. The molecule has 0 atom stereocenters. The minimum absolute atomic E-state index is 0.456. The molecule has 0 unspecified atom stereocenters. The summed E-state index contributed by atoms with van der Waals surface area (Å²) in [5.74, 6) is 0. The third kappa shape index (κ3) is 2.06. The van der Waals surface area contributed by atoms with Crippen LogP contribution in [0, 0.1) is 0 Å². The molecule has 0 spiro atoms. The predicted molar refractivity (Wildman–Crippen MR) is 76.4 cm³/mol. The monoisotopic (exact) mass is 237 g/mol. The molecule has 0 radical (unpaired) electrons. The van der Waals surface area contributed by atoms with Crippen molar-refractivity contribution in [1.29, 1.82) is 0 Å². The van der Waals surface area contributed by atoms with Crippen LogP contribution < -0.4 is 5.73 Å². The van der Waals surface area contributed by atoms with Crippen molar-refractivity contribution >= 4 is 0 Å². The summed E-state index contributed by atoms with van der Waals surface area (Å²) < 4.78 is 0. The van der Waals surface area contributed by atoms with Crippen molar-refractivity contribution in [1.82, 2.24) is 0 Å². The van der Waals surface area contributed by atoms with E-state index < -0.39 is 0 Å². The molecule has 1 fully saturated rings. The first kappa shape index (κ1) is 11.5. The Kier molecular flexibility index (Phi) is 2.71. The third-order valence-corrected chi connectivity index (χ3v) is 4.08. The van der Waals surface area contributed by atoms with Gasteiger partial charge in [-0.1, -0.05) is 49.4 Å². The second-order valence-corrected chi connectivity index (χ2v) is 5.54. The topological polar surface area (TPSA) is 26.0 Å². The summed E-state index contributed by atoms with van der Waals surface area (Å²) in [6.45, 7) is 2.95. The van der Waals surface area contributed by atoms with E-state index in [2.05, 4.69) is 55.5 Å². The number of hydrogen-bond donors (Lipinski definition) is 1. The fourth-order valence-corrected chi connectivity index (χ4v) is 2.42. The minimum Gasteiger partial charge on any atom is -0.326 e. The largest absolute Gasteiger partial charge is 0.326 e. The first-order chi connectivity index (χ1) is 8.71. The molecule has 18 heavy (non-hydrogen) atoms. The van der Waals surface area contributed by atoms with Gasteiger partial charge in [0.2, 0.25) is 0 Å². The lowest BCUT2D eigenvalue weighted by Gasteiger charge is -2.10. The van der Waals surface area contributed by atoms with Gasteiger partial charge in [-0.3, -0.25) is 0 Å². The molecule has 0 saturated heterocycles. The maximum atomic E-state index is 5.69. The van der Waals surface area contributed by atoms with Crippen molar-refractivity contribution in [2.45, 2.75) is 31.7 Å². The molecule has 0 amide bonds. The van der Waals surface area contributed by atoms with Gasteiger partial charge in [0.25, 0.3) is 0 Å². The lowest BCUT2D eigenvalue weighted by Crippen LogP contribution is -1.99. The van der Waals surface area contributed by atoms with Gasteiger partial charge in [-0.2, -0.15) is 0 Å². The molecule has 0 bridgehead atoms. The van der Waals surface area contributed by atoms with Crippen molar-refractivity contribution in [2.75, 3.05) is 0 Å². The normalized spacial score (nSPS) is 16.6. The van der Waals surface area contributed by atoms with Gasteiger partial charge in [-0.05, 0) is 46.6 Å². The molecular formula is C17H19N. The first-order valence-corrected chi connectivity index (χ1v) is 6.61. The van der Waals surface area contributed by atoms with Crippen LogP contribution in [0.25, 0.3) is 11.1 Å². The van der Waals surface area contributed by atoms with Crippen LogP contribution in [0.15, 0.2) is 48.5 Å². The van der Waals surface area contributed by atoms with Gasteiger partial charge in [0.15, 0.2) is 0 Å². The Balaban J connectivity index is 1.92. The van der Waals surface area contributed by atoms with Crippen LogP contribution in [0.2, 0.25) is 0 Å². The van der Waals surface area contributed by atoms with E-state index >= 15 is 0 Å². The van der Waals surface area contributed by atoms with Crippen LogP contribution in [0.3, 0.4) is 0 Å². The predicted octanol–water partition coefficient (Wildman–Crippen LogP) is 3.86. The first-order valence-electron chi connectivity index (χ1n) is 6.61. The fraction of sp³-hybridized carbons (Fsp3) is 0.294. The van der Waals surface area contributed by atoms with Gasteiger partial charge in [0, 0.05) is 6.54 Å². The minimum atomic E-state index is 0.456. The van der Waals surface area contributed by atoms with E-state index in [1.807, 2.05) is 0 Å². The van der Waals surface area contributed by atoms with Crippen LogP contribution in [-0.2, 0) is 12.0 Å². The lowest BCUT2D eigenvalue weighted by atomic mass is 9.95. The Morgan fingerprint density at radius 1 is 1.00 bits per heavy atom. The van der Waals surface area contributed by atoms with E-state index in [9.17, 15) is 0 Å². The maximum absolute atomic E-state index is 5.69. The van der Waals surface area contributed by atoms with E-state index in [0.29, 0.717) is 12.0 Å². The average Bonchev–Trinajstić information content (AvgIpc) is 3.18. The van der Waals surface area contributed by atoms with Crippen molar-refractivity contribution < 1.29 is 0 Å². The van der Waals surface area contributed by atoms with E-state index in [4.69, 9.17) is 5.73 Å². The molecule has 0 aliphatic heterocycles. The molecule has 1 heteroatoms. The van der Waals surface area contributed by atoms with Crippen molar-refractivity contribution in [3.8, 4) is 11.1 Å². The summed E-state index contributed by atoms with van der Waals surface area (Å²) in [5, 5.41) is 0. The summed E-state index contributed by atoms with van der Waals surface area (Å²) in [4.78, 5) is 0. The second-order valence-electron chi connectivity index (χ2n) is 5.54. The van der Waals surface area contributed by atoms with Gasteiger partial charge in [0.05, 0.1) is 0 Å². The van der Waals surface area contributed by atoms with E-state index in [0.717, 1.165) is 0 Å². The van der Waals surface area contributed by atoms with Gasteiger partial charge in [0.1, 0.15) is 0 Å². The van der Waals surface area contributed by atoms with Crippen LogP contribution in [0.1, 0.15) is 30.9 Å². The highest BCUT2D eigenvalue weighted by atomic mass is 14.5. The van der Waals surface area contributed by atoms with E-state index in [-0.39, 0.29) is 0 Å². The summed E-state index contributed by atoms with van der Waals surface area (Å²) in [7, 11) is 0. The van der Waals surface area contributed by atoms with Gasteiger partial charge in [-0.15, -0.1) is 0 Å². The quantitative estimate of drug-likeness (QED) is 0.861. The van der Waals surface area contributed by atoms with Gasteiger partial charge in [-0.25, -0.2) is 0 Å². The van der Waals surface area contributed by atoms with Crippen LogP contribution in [0.5, 0.6) is 0 Å². The SMILES string of the molecule is CC1(c2ccc(-c3cccc(CN)c3)cc2)CC1. The summed E-state index contributed by atoms with van der Waals surface area (Å²) >= 11 is 0. The van der Waals surface area contributed by atoms with Crippen LogP contribution in [-0.4, -0.2) is 0 Å². The number of hydrogen-bond acceptors (Lipinski definition) is 1. The zero-order valence-corrected chi connectivity index (χ0v) is 10.8. The Morgan fingerprint density at radius 2 is 1.72 bits per heavy atom. The number of rotatable bonds is 3. The summed E-state index contributed by atoms with van der Waals surface area (Å²) in [5.41, 5.74) is 11.3. The van der Waals surface area contributed by atoms with E-state index in [1.165, 1.54) is 35.1 Å². The average molecular weight is 237 g/mol. The Morgan fingerprint density at radius 3 is 2.33 bits per heavy atom. The zero-order valence-electron chi connectivity index (χ0n) is 10.8. The molecule has 3 rings (SSSR count). The smallest absolute Gasteiger partial charge is 0.0178 e. The Bertz CT molecular complexity index is 550.